The number of primary amides is 1. The predicted octanol–water partition coefficient (Wildman–Crippen LogP) is 4.24. The van der Waals surface area contributed by atoms with E-state index in [4.69, 9.17) is 20.9 Å². The molecular weight excluding hydrogens is 1000 g/mol. The number of benzene rings is 1. The van der Waals surface area contributed by atoms with Crippen molar-refractivity contribution in [1.29, 1.82) is 0 Å². The van der Waals surface area contributed by atoms with Gasteiger partial charge in [0.15, 0.2) is 10.5 Å². The average molecular weight is 1100 g/mol. The van der Waals surface area contributed by atoms with Crippen LogP contribution in [0.2, 0.25) is 0 Å². The average Bonchev–Trinajstić information content (AvgIpc) is 3.31. The molecule has 3 N–H and O–H groups in total. The minimum atomic E-state index is -5.00. The van der Waals surface area contributed by atoms with Crippen LogP contribution in [0, 0.1) is 0 Å². The van der Waals surface area contributed by atoms with E-state index in [9.17, 15) is 45.1 Å². The fourth-order valence-corrected chi connectivity index (χ4v) is 9.00. The molecule has 1 aromatic rings. The van der Waals surface area contributed by atoms with Crippen molar-refractivity contribution in [2.75, 3.05) is 13.2 Å². The molecule has 0 bridgehead atoms. The standard InChI is InChI=1S/2C22H43NO6S.C10H10.3Na/c2*1-2-3-4-5-6-7-8-9-10-11-12-13-14-15-16-17-18-29-22(25)20(19-21(23)24)30(26,27)28;1-3-9-7-5-6-8-10(9)4-2;;;/h20H,2-19H2,1H3,(H2,23,24)(H,26,27,28);20H,2-19H2,1H3,(H3,23,24,26,27,28);3-8H,1-2H2;;;/q;;;3*+1/p-3. The van der Waals surface area contributed by atoms with Gasteiger partial charge in [-0.2, -0.15) is 0 Å². The van der Waals surface area contributed by atoms with Gasteiger partial charge in [-0.3, -0.25) is 14.4 Å². The van der Waals surface area contributed by atoms with Gasteiger partial charge >= 0.3 is 101 Å². The maximum absolute atomic E-state index is 11.7. The molecular formula is C54H93N2Na3O12S2. The van der Waals surface area contributed by atoms with Crippen LogP contribution in [0.25, 0.3) is 17.9 Å². The van der Waals surface area contributed by atoms with Gasteiger partial charge in [0, 0.05) is 6.42 Å². The molecule has 0 fully saturated rings. The van der Waals surface area contributed by atoms with Crippen molar-refractivity contribution in [2.45, 2.75) is 243 Å². The molecule has 0 aliphatic rings. The first kappa shape index (κ1) is 81.2. The number of rotatable bonds is 44. The Morgan fingerprint density at radius 1 is 0.493 bits per heavy atom. The summed E-state index contributed by atoms with van der Waals surface area (Å²) in [7, 11) is -9.96. The number of hydrogen-bond donors (Lipinski definition) is 1. The number of ether oxygens (including phenoxy) is 2. The van der Waals surface area contributed by atoms with Crippen LogP contribution in [0.1, 0.15) is 243 Å². The number of carbonyl (C=O) groups is 4. The first-order valence-corrected chi connectivity index (χ1v) is 29.5. The normalized spacial score (nSPS) is 11.6. The molecule has 2 atom stereocenters. The third-order valence-corrected chi connectivity index (χ3v) is 14.0. The Bertz CT molecular complexity index is 1630. The Morgan fingerprint density at radius 3 is 0.932 bits per heavy atom. The molecule has 2 unspecified atom stereocenters. The Morgan fingerprint density at radius 2 is 0.726 bits per heavy atom. The first-order valence-electron chi connectivity index (χ1n) is 26.5. The van der Waals surface area contributed by atoms with Gasteiger partial charge in [0.1, 0.15) is 20.2 Å². The van der Waals surface area contributed by atoms with Gasteiger partial charge in [0.05, 0.1) is 25.5 Å². The van der Waals surface area contributed by atoms with Gasteiger partial charge in [-0.05, 0) is 24.0 Å². The van der Waals surface area contributed by atoms with Crippen LogP contribution < -0.4 is 94.4 Å². The van der Waals surface area contributed by atoms with Gasteiger partial charge in [0.2, 0.25) is 5.91 Å². The summed E-state index contributed by atoms with van der Waals surface area (Å²) in [6, 6.07) is 8.02. The minimum Gasteiger partial charge on any atom is -0.747 e. The molecule has 0 radical (unpaired) electrons. The van der Waals surface area contributed by atoms with Crippen LogP contribution in [0.15, 0.2) is 37.4 Å². The maximum atomic E-state index is 11.7. The number of carbonyl (C=O) groups excluding carboxylic acids is 4. The predicted molar refractivity (Wildman–Crippen MR) is 282 cm³/mol. The molecule has 0 spiro atoms. The van der Waals surface area contributed by atoms with Crippen molar-refractivity contribution < 1.29 is 143 Å². The van der Waals surface area contributed by atoms with E-state index in [0.717, 1.165) is 49.7 Å². The Kier molecular flexibility index (Phi) is 62.5. The van der Waals surface area contributed by atoms with E-state index in [-0.39, 0.29) is 102 Å². The van der Waals surface area contributed by atoms with Gasteiger partial charge in [-0.15, -0.1) is 0 Å². The topological polar surface area (TPSA) is 251 Å². The van der Waals surface area contributed by atoms with Crippen molar-refractivity contribution in [3.63, 3.8) is 0 Å². The number of amides is 2. The Hall–Kier alpha value is -0.600. The second-order valence-corrected chi connectivity index (χ2v) is 21.3. The van der Waals surface area contributed by atoms with E-state index < -0.39 is 67.3 Å². The van der Waals surface area contributed by atoms with E-state index in [1.54, 1.807) is 0 Å². The zero-order chi connectivity index (χ0) is 52.7. The largest absolute Gasteiger partial charge is 1.00 e. The monoisotopic (exact) mass is 1090 g/mol. The number of nitrogens with two attached hydrogens (primary N) is 1. The SMILES string of the molecule is C=Cc1ccccc1C=C.CCCCCCCCCCCCCCCCCCOC(=O)C(CC(N)=O)S(=O)(=O)[O-].CCCCCCCCCCCCCCCCCCOC(=O)C(CC([NH-])=O)S(=O)(=O)[O-].[Na+].[Na+].[Na+]. The smallest absolute Gasteiger partial charge is 0.747 e. The summed E-state index contributed by atoms with van der Waals surface area (Å²) < 4.78 is 75.7. The van der Waals surface area contributed by atoms with Gasteiger partial charge in [-0.1, -0.05) is 256 Å². The molecule has 0 aliphatic heterocycles. The molecule has 0 saturated heterocycles. The van der Waals surface area contributed by atoms with Crippen molar-refractivity contribution in [2.24, 2.45) is 5.73 Å². The number of esters is 2. The van der Waals surface area contributed by atoms with Crippen LogP contribution in [0.4, 0.5) is 0 Å². The van der Waals surface area contributed by atoms with Crippen molar-refractivity contribution in [3.8, 4) is 0 Å². The molecule has 2 amide bonds. The van der Waals surface area contributed by atoms with Crippen LogP contribution in [-0.4, -0.2) is 73.4 Å². The summed E-state index contributed by atoms with van der Waals surface area (Å²) in [5.74, 6) is -4.73. The van der Waals surface area contributed by atoms with E-state index in [0.29, 0.717) is 12.8 Å². The molecule has 406 valence electrons. The molecule has 0 saturated carbocycles. The molecule has 1 rings (SSSR count). The van der Waals surface area contributed by atoms with Crippen molar-refractivity contribution in [3.05, 3.63) is 54.3 Å². The molecule has 73 heavy (non-hydrogen) atoms. The van der Waals surface area contributed by atoms with Crippen LogP contribution >= 0.6 is 0 Å². The number of unbranched alkanes of at least 4 members (excludes halogenated alkanes) is 30. The van der Waals surface area contributed by atoms with Crippen LogP contribution in [0.3, 0.4) is 0 Å². The fourth-order valence-electron chi connectivity index (χ4n) is 7.67. The Balaban J connectivity index is -0.000000342. The maximum Gasteiger partial charge on any atom is 1.00 e. The molecule has 0 heterocycles. The van der Waals surface area contributed by atoms with Gasteiger partial charge < -0.3 is 34.8 Å². The third kappa shape index (κ3) is 53.2. The van der Waals surface area contributed by atoms with Crippen molar-refractivity contribution in [1.82, 2.24) is 0 Å². The summed E-state index contributed by atoms with van der Waals surface area (Å²) in [6.45, 7) is 11.9. The second kappa shape index (κ2) is 56.1. The fraction of sp³-hybridized carbons (Fsp3) is 0.741. The Labute approximate surface area is 510 Å². The molecule has 19 heteroatoms. The van der Waals surface area contributed by atoms with Crippen LogP contribution in [-0.2, 0) is 48.9 Å². The van der Waals surface area contributed by atoms with E-state index in [2.05, 4.69) is 27.0 Å². The molecule has 14 nitrogen and oxygen atoms in total. The van der Waals surface area contributed by atoms with Crippen molar-refractivity contribution >= 4 is 56.1 Å². The zero-order valence-electron chi connectivity index (χ0n) is 46.3. The summed E-state index contributed by atoms with van der Waals surface area (Å²) >= 11 is 0. The van der Waals surface area contributed by atoms with Gasteiger partial charge in [0.25, 0.3) is 0 Å². The van der Waals surface area contributed by atoms with E-state index in [1.165, 1.54) is 154 Å². The number of hydrogen-bond acceptors (Lipinski definition) is 12. The summed E-state index contributed by atoms with van der Waals surface area (Å²) in [5.41, 5.74) is 13.9. The van der Waals surface area contributed by atoms with Gasteiger partial charge in [-0.25, -0.2) is 16.8 Å². The number of nitrogens with one attached hydrogen (secondary N) is 1. The second-order valence-electron chi connectivity index (χ2n) is 18.2. The summed E-state index contributed by atoms with van der Waals surface area (Å²) in [4.78, 5) is 44.8. The quantitative estimate of drug-likeness (QED) is 0.0417. The molecule has 0 aliphatic carbocycles. The molecule has 1 aromatic carbocycles. The summed E-state index contributed by atoms with van der Waals surface area (Å²) in [6.07, 6.45) is 41.0. The van der Waals surface area contributed by atoms with Crippen LogP contribution in [0.5, 0.6) is 0 Å². The molecule has 0 aromatic heterocycles. The summed E-state index contributed by atoms with van der Waals surface area (Å²) in [5, 5.41) is -4.15. The van der Waals surface area contributed by atoms with E-state index in [1.807, 2.05) is 36.4 Å². The third-order valence-electron chi connectivity index (χ3n) is 11.9. The van der Waals surface area contributed by atoms with E-state index >= 15 is 0 Å². The first-order chi connectivity index (χ1) is 33.5. The minimum absolute atomic E-state index is 0. The zero-order valence-corrected chi connectivity index (χ0v) is 53.9.